The molecule has 0 spiro atoms. The van der Waals surface area contributed by atoms with E-state index in [1.807, 2.05) is 0 Å². The van der Waals surface area contributed by atoms with Gasteiger partial charge >= 0.3 is 5.97 Å². The number of rotatable bonds is 3. The third kappa shape index (κ3) is 3.46. The zero-order valence-corrected chi connectivity index (χ0v) is 10.7. The molecule has 1 aromatic rings. The van der Waals surface area contributed by atoms with Crippen molar-refractivity contribution in [2.24, 2.45) is 0 Å². The van der Waals surface area contributed by atoms with Crippen LogP contribution in [0.3, 0.4) is 0 Å². The molecule has 0 aliphatic heterocycles. The number of sulfone groups is 1. The molecule has 0 heterocycles. The van der Waals surface area contributed by atoms with Crippen LogP contribution in [0, 0.1) is 0 Å². The van der Waals surface area contributed by atoms with E-state index in [9.17, 15) is 13.2 Å². The quantitative estimate of drug-likeness (QED) is 0.866. The monoisotopic (exact) mass is 304 g/mol. The first-order chi connectivity index (χ1) is 7.30. The van der Waals surface area contributed by atoms with E-state index in [2.05, 4.69) is 15.9 Å². The lowest BCUT2D eigenvalue weighted by atomic mass is 10.2. The molecule has 1 rings (SSSR count). The lowest BCUT2D eigenvalue weighted by molar-refractivity contribution is -0.131. The average molecular weight is 305 g/mol. The Labute approximate surface area is 102 Å². The molecule has 0 atom stereocenters. The number of hydrogen-bond donors (Lipinski definition) is 1. The predicted molar refractivity (Wildman–Crippen MR) is 63.9 cm³/mol. The fourth-order valence-corrected chi connectivity index (χ4v) is 2.55. The van der Waals surface area contributed by atoms with Crippen LogP contribution in [0.4, 0.5) is 0 Å². The molecule has 0 radical (unpaired) electrons. The standard InChI is InChI=1S/C10H9BrO4S/c1-16(14,15)9-6-8(11)4-2-7(9)3-5-10(12)13/h2-6H,1H3,(H,12,13). The molecule has 4 nitrogen and oxygen atoms in total. The molecule has 0 fully saturated rings. The Kier molecular flexibility index (Phi) is 3.88. The fourth-order valence-electron chi connectivity index (χ4n) is 1.13. The van der Waals surface area contributed by atoms with Crippen LogP contribution in [0.2, 0.25) is 0 Å². The molecule has 0 aliphatic carbocycles. The van der Waals surface area contributed by atoms with Crippen molar-refractivity contribution in [3.63, 3.8) is 0 Å². The van der Waals surface area contributed by atoms with Gasteiger partial charge in [0.15, 0.2) is 9.84 Å². The van der Waals surface area contributed by atoms with Gasteiger partial charge < -0.3 is 5.11 Å². The highest BCUT2D eigenvalue weighted by atomic mass is 79.9. The van der Waals surface area contributed by atoms with Crippen LogP contribution in [0.25, 0.3) is 6.08 Å². The van der Waals surface area contributed by atoms with Gasteiger partial charge in [-0.05, 0) is 23.8 Å². The number of carboxylic acids is 1. The average Bonchev–Trinajstić information content (AvgIpc) is 2.14. The number of benzene rings is 1. The van der Waals surface area contributed by atoms with Crippen LogP contribution < -0.4 is 0 Å². The molecule has 0 bridgehead atoms. The van der Waals surface area contributed by atoms with Crippen LogP contribution in [0.5, 0.6) is 0 Å². The second-order valence-electron chi connectivity index (χ2n) is 3.13. The molecule has 16 heavy (non-hydrogen) atoms. The zero-order valence-electron chi connectivity index (χ0n) is 8.34. The van der Waals surface area contributed by atoms with Crippen LogP contribution in [-0.2, 0) is 14.6 Å². The van der Waals surface area contributed by atoms with Crippen LogP contribution >= 0.6 is 15.9 Å². The Bertz CT molecular complexity index is 546. The number of halogens is 1. The van der Waals surface area contributed by atoms with Gasteiger partial charge in [-0.2, -0.15) is 0 Å². The highest BCUT2D eigenvalue weighted by molar-refractivity contribution is 9.10. The Morgan fingerprint density at radius 1 is 1.44 bits per heavy atom. The molecule has 0 unspecified atom stereocenters. The third-order valence-electron chi connectivity index (χ3n) is 1.78. The molecule has 1 N–H and O–H groups in total. The van der Waals surface area contributed by atoms with Gasteiger partial charge in [0.05, 0.1) is 4.90 Å². The lowest BCUT2D eigenvalue weighted by Crippen LogP contribution is -2.00. The van der Waals surface area contributed by atoms with E-state index in [-0.39, 0.29) is 4.90 Å². The molecule has 6 heteroatoms. The largest absolute Gasteiger partial charge is 0.478 e. The number of hydrogen-bond acceptors (Lipinski definition) is 3. The van der Waals surface area contributed by atoms with E-state index in [1.54, 1.807) is 12.1 Å². The van der Waals surface area contributed by atoms with Crippen LogP contribution in [0.15, 0.2) is 33.6 Å². The summed E-state index contributed by atoms with van der Waals surface area (Å²) in [5.41, 5.74) is 0.355. The first-order valence-corrected chi connectivity index (χ1v) is 6.90. The van der Waals surface area contributed by atoms with Gasteiger partial charge in [-0.25, -0.2) is 13.2 Å². The van der Waals surface area contributed by atoms with E-state index >= 15 is 0 Å². The van der Waals surface area contributed by atoms with Crippen molar-refractivity contribution in [2.75, 3.05) is 6.26 Å². The number of carbonyl (C=O) groups is 1. The minimum absolute atomic E-state index is 0.0966. The highest BCUT2D eigenvalue weighted by Crippen LogP contribution is 2.22. The van der Waals surface area contributed by atoms with Gasteiger partial charge in [0, 0.05) is 16.8 Å². The van der Waals surface area contributed by atoms with E-state index in [0.29, 0.717) is 10.0 Å². The number of aliphatic carboxylic acids is 1. The highest BCUT2D eigenvalue weighted by Gasteiger charge is 2.12. The molecule has 0 saturated heterocycles. The minimum Gasteiger partial charge on any atom is -0.478 e. The zero-order chi connectivity index (χ0) is 12.3. The number of carboxylic acid groups (broad SMARTS) is 1. The SMILES string of the molecule is CS(=O)(=O)c1cc(Br)ccc1C=CC(=O)O. The predicted octanol–water partition coefficient (Wildman–Crippen LogP) is 1.95. The van der Waals surface area contributed by atoms with Crippen molar-refractivity contribution in [3.8, 4) is 0 Å². The van der Waals surface area contributed by atoms with Crippen molar-refractivity contribution in [2.45, 2.75) is 4.90 Å². The Hall–Kier alpha value is -1.14. The van der Waals surface area contributed by atoms with E-state index in [4.69, 9.17) is 5.11 Å². The normalized spacial score (nSPS) is 11.9. The van der Waals surface area contributed by atoms with Crippen LogP contribution in [0.1, 0.15) is 5.56 Å². The first kappa shape index (κ1) is 12.9. The van der Waals surface area contributed by atoms with Gasteiger partial charge in [0.1, 0.15) is 0 Å². The summed E-state index contributed by atoms with van der Waals surface area (Å²) >= 11 is 3.16. The van der Waals surface area contributed by atoms with Crippen molar-refractivity contribution in [1.82, 2.24) is 0 Å². The molecule has 0 aliphatic rings. The maximum Gasteiger partial charge on any atom is 0.328 e. The van der Waals surface area contributed by atoms with Gasteiger partial charge in [-0.3, -0.25) is 0 Å². The summed E-state index contributed by atoms with van der Waals surface area (Å²) in [7, 11) is -3.38. The molecular formula is C10H9BrO4S. The Morgan fingerprint density at radius 2 is 2.06 bits per heavy atom. The first-order valence-electron chi connectivity index (χ1n) is 4.21. The summed E-state index contributed by atoms with van der Waals surface area (Å²) < 4.78 is 23.5. The smallest absolute Gasteiger partial charge is 0.328 e. The molecule has 86 valence electrons. The lowest BCUT2D eigenvalue weighted by Gasteiger charge is -2.04. The maximum atomic E-state index is 11.4. The summed E-state index contributed by atoms with van der Waals surface area (Å²) in [6, 6.07) is 4.63. The van der Waals surface area contributed by atoms with Crippen LogP contribution in [-0.4, -0.2) is 25.7 Å². The van der Waals surface area contributed by atoms with Gasteiger partial charge in [-0.1, -0.05) is 22.0 Å². The Balaban J connectivity index is 3.35. The summed E-state index contributed by atoms with van der Waals surface area (Å²) in [5, 5.41) is 8.48. The molecule has 1 aromatic carbocycles. The minimum atomic E-state index is -3.38. The van der Waals surface area contributed by atoms with Gasteiger partial charge in [0.2, 0.25) is 0 Å². The second kappa shape index (κ2) is 4.80. The second-order valence-corrected chi connectivity index (χ2v) is 6.03. The van der Waals surface area contributed by atoms with Crippen molar-refractivity contribution >= 4 is 37.8 Å². The van der Waals surface area contributed by atoms with Gasteiger partial charge in [0.25, 0.3) is 0 Å². The van der Waals surface area contributed by atoms with E-state index < -0.39 is 15.8 Å². The summed E-state index contributed by atoms with van der Waals surface area (Å²) in [4.78, 5) is 10.5. The van der Waals surface area contributed by atoms with E-state index in [0.717, 1.165) is 12.3 Å². The van der Waals surface area contributed by atoms with Crippen molar-refractivity contribution in [1.29, 1.82) is 0 Å². The van der Waals surface area contributed by atoms with Crippen molar-refractivity contribution < 1.29 is 18.3 Å². The van der Waals surface area contributed by atoms with Gasteiger partial charge in [-0.15, -0.1) is 0 Å². The summed E-state index contributed by atoms with van der Waals surface area (Å²) in [5.74, 6) is -1.12. The molecule has 0 amide bonds. The fraction of sp³-hybridized carbons (Fsp3) is 0.100. The topological polar surface area (TPSA) is 71.4 Å². The Morgan fingerprint density at radius 3 is 2.56 bits per heavy atom. The molecule has 0 saturated carbocycles. The maximum absolute atomic E-state index is 11.4. The van der Waals surface area contributed by atoms with Crippen molar-refractivity contribution in [3.05, 3.63) is 34.3 Å². The summed E-state index contributed by atoms with van der Waals surface area (Å²) in [6.07, 6.45) is 3.23. The summed E-state index contributed by atoms with van der Waals surface area (Å²) in [6.45, 7) is 0. The molecular weight excluding hydrogens is 296 g/mol. The third-order valence-corrected chi connectivity index (χ3v) is 3.43. The molecule has 0 aromatic heterocycles. The van der Waals surface area contributed by atoms with E-state index in [1.165, 1.54) is 12.1 Å².